The highest BCUT2D eigenvalue weighted by molar-refractivity contribution is 6.02. The third-order valence-electron chi connectivity index (χ3n) is 3.39. The number of rotatable bonds is 4. The van der Waals surface area contributed by atoms with Gasteiger partial charge >= 0.3 is 0 Å². The van der Waals surface area contributed by atoms with Crippen LogP contribution in [-0.2, 0) is 6.54 Å². The number of hydrogen-bond donors (Lipinski definition) is 1. The molecule has 0 saturated carbocycles. The maximum absolute atomic E-state index is 13.6. The lowest BCUT2D eigenvalue weighted by Crippen LogP contribution is -2.18. The minimum Gasteiger partial charge on any atom is -0.454 e. The van der Waals surface area contributed by atoms with Crippen LogP contribution >= 0.6 is 0 Å². The third kappa shape index (κ3) is 3.47. The van der Waals surface area contributed by atoms with Gasteiger partial charge in [0.2, 0.25) is 0 Å². The molecule has 25 heavy (non-hydrogen) atoms. The molecule has 5 nitrogen and oxygen atoms in total. The first-order valence-electron chi connectivity index (χ1n) is 7.15. The van der Waals surface area contributed by atoms with Crippen LogP contribution in [0.5, 0.6) is 0 Å². The molecule has 3 aromatic rings. The first kappa shape index (κ1) is 16.6. The molecular weight excluding hydrogens is 337 g/mol. The van der Waals surface area contributed by atoms with Crippen LogP contribution in [0.2, 0.25) is 0 Å². The molecule has 128 valence electrons. The van der Waals surface area contributed by atoms with E-state index in [1.54, 1.807) is 18.3 Å². The molecule has 1 aromatic carbocycles. The number of benzene rings is 1. The number of halogens is 3. The van der Waals surface area contributed by atoms with Crippen LogP contribution in [0.3, 0.4) is 0 Å². The Balaban J connectivity index is 1.76. The average Bonchev–Trinajstić information content (AvgIpc) is 3.06. The fourth-order valence-electron chi connectivity index (χ4n) is 2.15. The van der Waals surface area contributed by atoms with Crippen molar-refractivity contribution in [1.82, 2.24) is 4.57 Å². The van der Waals surface area contributed by atoms with Gasteiger partial charge in [0.05, 0.1) is 12.2 Å². The molecule has 2 aromatic heterocycles. The fraction of sp³-hybridized carbons (Fsp3) is 0.0588. The van der Waals surface area contributed by atoms with Crippen molar-refractivity contribution in [1.29, 1.82) is 0 Å². The molecule has 3 rings (SSSR count). The molecule has 0 aliphatic carbocycles. The molecule has 0 saturated heterocycles. The van der Waals surface area contributed by atoms with Crippen molar-refractivity contribution in [3.63, 3.8) is 0 Å². The Bertz CT molecular complexity index is 995. The lowest BCUT2D eigenvalue weighted by molar-refractivity contribution is 0.0994. The lowest BCUT2D eigenvalue weighted by atomic mass is 10.2. The number of nitrogens with zero attached hydrogens (tertiary/aromatic N) is 1. The average molecular weight is 348 g/mol. The highest BCUT2D eigenvalue weighted by atomic mass is 19.2. The van der Waals surface area contributed by atoms with E-state index in [9.17, 15) is 22.8 Å². The van der Waals surface area contributed by atoms with Crippen molar-refractivity contribution < 1.29 is 22.4 Å². The maximum Gasteiger partial charge on any atom is 0.291 e. The fourth-order valence-corrected chi connectivity index (χ4v) is 2.15. The first-order valence-corrected chi connectivity index (χ1v) is 7.15. The van der Waals surface area contributed by atoms with Gasteiger partial charge in [-0.2, -0.15) is 0 Å². The number of carbonyl (C=O) groups excluding carboxylic acids is 1. The van der Waals surface area contributed by atoms with Gasteiger partial charge < -0.3 is 14.3 Å². The summed E-state index contributed by atoms with van der Waals surface area (Å²) < 4.78 is 46.3. The van der Waals surface area contributed by atoms with Crippen LogP contribution in [0.1, 0.15) is 16.3 Å². The minimum atomic E-state index is -1.68. The standard InChI is InChI=1S/C17H11F3N2O3/c18-11-5-6-12(16(20)15(11)19)21-17(24)13-7-4-10(25-13)9-22-8-2-1-3-14(22)23/h1-8H,9H2,(H,21,24). The second-order valence-electron chi connectivity index (χ2n) is 5.11. The van der Waals surface area contributed by atoms with Crippen LogP contribution in [-0.4, -0.2) is 10.5 Å². The molecule has 0 radical (unpaired) electrons. The highest BCUT2D eigenvalue weighted by Gasteiger charge is 2.18. The van der Waals surface area contributed by atoms with Gasteiger partial charge in [-0.15, -0.1) is 0 Å². The zero-order valence-corrected chi connectivity index (χ0v) is 12.6. The Morgan fingerprint density at radius 2 is 1.84 bits per heavy atom. The van der Waals surface area contributed by atoms with Crippen molar-refractivity contribution in [2.75, 3.05) is 5.32 Å². The predicted octanol–water partition coefficient (Wildman–Crippen LogP) is 3.16. The Morgan fingerprint density at radius 3 is 2.60 bits per heavy atom. The molecule has 0 unspecified atom stereocenters. The quantitative estimate of drug-likeness (QED) is 0.737. The van der Waals surface area contributed by atoms with Gasteiger partial charge in [0, 0.05) is 12.3 Å². The summed E-state index contributed by atoms with van der Waals surface area (Å²) in [6.45, 7) is 0.104. The Morgan fingerprint density at radius 1 is 1.04 bits per heavy atom. The van der Waals surface area contributed by atoms with E-state index in [1.165, 1.54) is 22.8 Å². The number of anilines is 1. The molecule has 2 heterocycles. The smallest absolute Gasteiger partial charge is 0.291 e. The number of amides is 1. The van der Waals surface area contributed by atoms with E-state index in [4.69, 9.17) is 4.42 Å². The van der Waals surface area contributed by atoms with Gasteiger partial charge in [-0.05, 0) is 30.3 Å². The van der Waals surface area contributed by atoms with Crippen molar-refractivity contribution >= 4 is 11.6 Å². The number of furan rings is 1. The second kappa shape index (κ2) is 6.68. The van der Waals surface area contributed by atoms with Crippen molar-refractivity contribution in [2.24, 2.45) is 0 Å². The van der Waals surface area contributed by atoms with Crippen LogP contribution < -0.4 is 10.9 Å². The summed E-state index contributed by atoms with van der Waals surface area (Å²) in [5.74, 6) is -5.22. The van der Waals surface area contributed by atoms with Crippen molar-refractivity contribution in [3.05, 3.63) is 88.0 Å². The topological polar surface area (TPSA) is 64.2 Å². The first-order chi connectivity index (χ1) is 12.0. The third-order valence-corrected chi connectivity index (χ3v) is 3.39. The van der Waals surface area contributed by atoms with E-state index in [-0.39, 0.29) is 17.9 Å². The number of nitrogens with one attached hydrogen (secondary N) is 1. The van der Waals surface area contributed by atoms with E-state index >= 15 is 0 Å². The number of carbonyl (C=O) groups is 1. The summed E-state index contributed by atoms with van der Waals surface area (Å²) in [5, 5.41) is 2.10. The Kier molecular flexibility index (Phi) is 4.42. The number of hydrogen-bond acceptors (Lipinski definition) is 3. The van der Waals surface area contributed by atoms with Gasteiger partial charge in [-0.3, -0.25) is 9.59 Å². The number of pyridine rings is 1. The second-order valence-corrected chi connectivity index (χ2v) is 5.11. The molecule has 8 heteroatoms. The van der Waals surface area contributed by atoms with E-state index in [1.807, 2.05) is 0 Å². The van der Waals surface area contributed by atoms with Crippen LogP contribution in [0.4, 0.5) is 18.9 Å². The molecule has 0 aliphatic rings. The zero-order valence-electron chi connectivity index (χ0n) is 12.6. The van der Waals surface area contributed by atoms with Crippen LogP contribution in [0.15, 0.2) is 57.9 Å². The van der Waals surface area contributed by atoms with E-state index in [0.717, 1.165) is 6.07 Å². The maximum atomic E-state index is 13.6. The van der Waals surface area contributed by atoms with Gasteiger partial charge in [0.1, 0.15) is 5.76 Å². The Labute approximate surface area is 139 Å². The normalized spacial score (nSPS) is 10.7. The Hall–Kier alpha value is -3.29. The molecule has 1 amide bonds. The summed E-state index contributed by atoms with van der Waals surface area (Å²) in [7, 11) is 0. The molecule has 0 spiro atoms. The van der Waals surface area contributed by atoms with Gasteiger partial charge in [-0.1, -0.05) is 6.07 Å². The summed E-state index contributed by atoms with van der Waals surface area (Å²) in [6, 6.07) is 9.05. The van der Waals surface area contributed by atoms with Crippen LogP contribution in [0, 0.1) is 17.5 Å². The highest BCUT2D eigenvalue weighted by Crippen LogP contribution is 2.20. The van der Waals surface area contributed by atoms with Gasteiger partial charge in [0.25, 0.3) is 11.5 Å². The lowest BCUT2D eigenvalue weighted by Gasteiger charge is -2.06. The summed E-state index contributed by atoms with van der Waals surface area (Å²) >= 11 is 0. The number of aromatic nitrogens is 1. The molecule has 0 bridgehead atoms. The van der Waals surface area contributed by atoms with Gasteiger partial charge in [-0.25, -0.2) is 13.2 Å². The monoisotopic (exact) mass is 348 g/mol. The van der Waals surface area contributed by atoms with Crippen molar-refractivity contribution in [2.45, 2.75) is 6.54 Å². The van der Waals surface area contributed by atoms with E-state index < -0.39 is 29.0 Å². The largest absolute Gasteiger partial charge is 0.454 e. The SMILES string of the molecule is O=C(Nc1ccc(F)c(F)c1F)c1ccc(Cn2ccccc2=O)o1. The van der Waals surface area contributed by atoms with Crippen LogP contribution in [0.25, 0.3) is 0 Å². The minimum absolute atomic E-state index is 0.104. The predicted molar refractivity (Wildman–Crippen MR) is 82.8 cm³/mol. The molecule has 0 aliphatic heterocycles. The molecule has 0 fully saturated rings. The summed E-state index contributed by atoms with van der Waals surface area (Å²) in [5.41, 5.74) is -0.755. The zero-order chi connectivity index (χ0) is 18.0. The van der Waals surface area contributed by atoms with Crippen molar-refractivity contribution in [3.8, 4) is 0 Å². The van der Waals surface area contributed by atoms with E-state index in [2.05, 4.69) is 5.32 Å². The van der Waals surface area contributed by atoms with E-state index in [0.29, 0.717) is 11.8 Å². The summed E-state index contributed by atoms with van der Waals surface area (Å²) in [4.78, 5) is 23.7. The van der Waals surface area contributed by atoms with Gasteiger partial charge in [0.15, 0.2) is 23.2 Å². The summed E-state index contributed by atoms with van der Waals surface area (Å²) in [6.07, 6.45) is 1.56. The molecule has 0 atom stereocenters. The molecular formula is C17H11F3N2O3. The molecule has 1 N–H and O–H groups in total.